The summed E-state index contributed by atoms with van der Waals surface area (Å²) in [5, 5.41) is 19.0. The first-order valence-electron chi connectivity index (χ1n) is 5.61. The molecular weight excluding hydrogens is 242 g/mol. The number of aromatic hydroxyl groups is 1. The van der Waals surface area contributed by atoms with Gasteiger partial charge in [-0.2, -0.15) is 0 Å². The van der Waals surface area contributed by atoms with E-state index in [-0.39, 0.29) is 24.3 Å². The zero-order chi connectivity index (χ0) is 13.0. The largest absolute Gasteiger partial charge is 0.503 e. The third kappa shape index (κ3) is 3.23. The van der Waals surface area contributed by atoms with Crippen LogP contribution in [0.5, 0.6) is 5.75 Å². The fraction of sp³-hybridized carbons (Fsp3) is 0.583. The summed E-state index contributed by atoms with van der Waals surface area (Å²) in [6.07, 6.45) is 2.33. The molecule has 1 heterocycles. The first-order chi connectivity index (χ1) is 8.01. The van der Waals surface area contributed by atoms with Gasteiger partial charge in [-0.05, 0) is 12.3 Å². The van der Waals surface area contributed by atoms with Gasteiger partial charge in [-0.1, -0.05) is 13.8 Å². The lowest BCUT2D eigenvalue weighted by Crippen LogP contribution is -2.21. The van der Waals surface area contributed by atoms with Crippen molar-refractivity contribution in [3.63, 3.8) is 0 Å². The Balaban J connectivity index is 3.19. The third-order valence-electron chi connectivity index (χ3n) is 2.68. The van der Waals surface area contributed by atoms with Crippen molar-refractivity contribution < 1.29 is 10.2 Å². The molecule has 1 aromatic rings. The number of aliphatic hydroxyl groups excluding tert-OH is 1. The predicted molar refractivity (Wildman–Crippen MR) is 67.5 cm³/mol. The van der Waals surface area contributed by atoms with Gasteiger partial charge in [0, 0.05) is 12.3 Å². The Bertz CT molecular complexity index is 428. The van der Waals surface area contributed by atoms with Crippen molar-refractivity contribution in [2.45, 2.75) is 32.2 Å². The summed E-state index contributed by atoms with van der Waals surface area (Å²) in [4.78, 5) is 11.3. The van der Waals surface area contributed by atoms with E-state index in [1.807, 2.05) is 13.8 Å². The Hall–Kier alpha value is -1.00. The van der Waals surface area contributed by atoms with E-state index in [2.05, 4.69) is 0 Å². The van der Waals surface area contributed by atoms with Crippen molar-refractivity contribution in [2.24, 2.45) is 5.92 Å². The molecule has 0 aliphatic heterocycles. The van der Waals surface area contributed by atoms with Crippen LogP contribution >= 0.6 is 11.6 Å². The van der Waals surface area contributed by atoms with E-state index in [4.69, 9.17) is 11.6 Å². The van der Waals surface area contributed by atoms with Crippen LogP contribution in [0.3, 0.4) is 0 Å². The summed E-state index contributed by atoms with van der Waals surface area (Å²) in [6, 6.07) is 1.12. The highest BCUT2D eigenvalue weighted by molar-refractivity contribution is 6.17. The minimum absolute atomic E-state index is 0.0382. The minimum Gasteiger partial charge on any atom is -0.503 e. The highest BCUT2D eigenvalue weighted by Gasteiger charge is 2.17. The Morgan fingerprint density at radius 1 is 1.47 bits per heavy atom. The van der Waals surface area contributed by atoms with Gasteiger partial charge >= 0.3 is 0 Å². The highest BCUT2D eigenvalue weighted by Crippen LogP contribution is 2.23. The number of rotatable bonds is 5. The van der Waals surface area contributed by atoms with E-state index < -0.39 is 5.43 Å². The Morgan fingerprint density at radius 2 is 2.12 bits per heavy atom. The van der Waals surface area contributed by atoms with Crippen molar-refractivity contribution in [1.82, 2.24) is 4.57 Å². The van der Waals surface area contributed by atoms with Gasteiger partial charge in [0.25, 0.3) is 0 Å². The second kappa shape index (κ2) is 6.07. The van der Waals surface area contributed by atoms with Gasteiger partial charge < -0.3 is 14.8 Å². The monoisotopic (exact) mass is 259 g/mol. The first-order valence-corrected chi connectivity index (χ1v) is 6.14. The second-order valence-corrected chi connectivity index (χ2v) is 4.75. The molecule has 0 aromatic carbocycles. The SMILES string of the molecule is CC(C)C[C@@H](CO)n1ccc(=O)c(O)c1CCl. The number of nitrogens with zero attached hydrogens (tertiary/aromatic N) is 1. The van der Waals surface area contributed by atoms with Crippen LogP contribution in [-0.2, 0) is 5.88 Å². The van der Waals surface area contributed by atoms with Crippen molar-refractivity contribution in [1.29, 1.82) is 0 Å². The zero-order valence-corrected chi connectivity index (χ0v) is 10.8. The molecule has 0 bridgehead atoms. The van der Waals surface area contributed by atoms with Crippen LogP contribution < -0.4 is 5.43 Å². The number of aromatic nitrogens is 1. The number of hydrogen-bond acceptors (Lipinski definition) is 3. The summed E-state index contributed by atoms with van der Waals surface area (Å²) in [5.41, 5.74) is -0.0861. The molecule has 96 valence electrons. The molecule has 0 fully saturated rings. The Kier molecular flexibility index (Phi) is 5.02. The molecule has 0 saturated carbocycles. The number of alkyl halides is 1. The van der Waals surface area contributed by atoms with Crippen LogP contribution in [0.4, 0.5) is 0 Å². The van der Waals surface area contributed by atoms with Crippen molar-refractivity contribution >= 4 is 11.6 Å². The van der Waals surface area contributed by atoms with E-state index >= 15 is 0 Å². The zero-order valence-electron chi connectivity index (χ0n) is 10.1. The van der Waals surface area contributed by atoms with Gasteiger partial charge in [-0.25, -0.2) is 0 Å². The third-order valence-corrected chi connectivity index (χ3v) is 2.93. The summed E-state index contributed by atoms with van der Waals surface area (Å²) < 4.78 is 1.68. The van der Waals surface area contributed by atoms with Gasteiger partial charge in [-0.15, -0.1) is 11.6 Å². The molecule has 1 rings (SSSR count). The second-order valence-electron chi connectivity index (χ2n) is 4.48. The van der Waals surface area contributed by atoms with Crippen molar-refractivity contribution in [3.8, 4) is 5.75 Å². The van der Waals surface area contributed by atoms with Crippen LogP contribution in [0.15, 0.2) is 17.1 Å². The molecule has 0 amide bonds. The lowest BCUT2D eigenvalue weighted by Gasteiger charge is -2.23. The van der Waals surface area contributed by atoms with Crippen LogP contribution in [0.2, 0.25) is 0 Å². The number of pyridine rings is 1. The smallest absolute Gasteiger partial charge is 0.223 e. The lowest BCUT2D eigenvalue weighted by atomic mass is 10.0. The van der Waals surface area contributed by atoms with E-state index in [0.717, 1.165) is 6.42 Å². The summed E-state index contributed by atoms with van der Waals surface area (Å²) in [5.74, 6) is 0.109. The molecule has 0 unspecified atom stereocenters. The van der Waals surface area contributed by atoms with Crippen LogP contribution in [0, 0.1) is 5.92 Å². The quantitative estimate of drug-likeness (QED) is 0.794. The molecule has 0 saturated heterocycles. The molecule has 2 N–H and O–H groups in total. The number of aliphatic hydroxyl groups is 1. The number of hydrogen-bond donors (Lipinski definition) is 2. The first kappa shape index (κ1) is 14.1. The van der Waals surface area contributed by atoms with Crippen LogP contribution in [0.1, 0.15) is 32.0 Å². The lowest BCUT2D eigenvalue weighted by molar-refractivity contribution is 0.205. The fourth-order valence-corrected chi connectivity index (χ4v) is 2.14. The average molecular weight is 260 g/mol. The topological polar surface area (TPSA) is 62.5 Å². The molecular formula is C12H18ClNO3. The fourth-order valence-electron chi connectivity index (χ4n) is 1.88. The standard InChI is InChI=1S/C12H18ClNO3/c1-8(2)5-9(7-15)14-4-3-11(16)12(17)10(14)6-13/h3-4,8-9,15,17H,5-7H2,1-2H3/t9-/m0/s1. The van der Waals surface area contributed by atoms with Gasteiger partial charge in [0.05, 0.1) is 24.2 Å². The highest BCUT2D eigenvalue weighted by atomic mass is 35.5. The van der Waals surface area contributed by atoms with Crippen molar-refractivity contribution in [3.05, 3.63) is 28.2 Å². The van der Waals surface area contributed by atoms with E-state index in [1.165, 1.54) is 6.07 Å². The van der Waals surface area contributed by atoms with Gasteiger partial charge in [-0.3, -0.25) is 4.79 Å². The molecule has 0 radical (unpaired) electrons. The minimum atomic E-state index is -0.446. The molecule has 17 heavy (non-hydrogen) atoms. The summed E-state index contributed by atoms with van der Waals surface area (Å²) in [6.45, 7) is 4.04. The molecule has 5 heteroatoms. The maximum absolute atomic E-state index is 11.3. The Labute approximate surface area is 105 Å². The molecule has 4 nitrogen and oxygen atoms in total. The van der Waals surface area contributed by atoms with Gasteiger partial charge in [0.1, 0.15) is 0 Å². The van der Waals surface area contributed by atoms with Gasteiger partial charge in [0.2, 0.25) is 5.43 Å². The normalized spacial score (nSPS) is 13.0. The summed E-state index contributed by atoms with van der Waals surface area (Å²) >= 11 is 5.75. The molecule has 0 aliphatic carbocycles. The summed E-state index contributed by atoms with van der Waals surface area (Å²) in [7, 11) is 0. The number of halogens is 1. The van der Waals surface area contributed by atoms with Crippen molar-refractivity contribution in [2.75, 3.05) is 6.61 Å². The molecule has 0 aliphatic rings. The average Bonchev–Trinajstić information content (AvgIpc) is 2.29. The van der Waals surface area contributed by atoms with E-state index in [0.29, 0.717) is 11.6 Å². The maximum atomic E-state index is 11.3. The molecule has 0 spiro atoms. The maximum Gasteiger partial charge on any atom is 0.223 e. The van der Waals surface area contributed by atoms with Gasteiger partial charge in [0.15, 0.2) is 5.75 Å². The van der Waals surface area contributed by atoms with Crippen LogP contribution in [0.25, 0.3) is 0 Å². The molecule has 1 atom stereocenters. The molecule has 1 aromatic heterocycles. The predicted octanol–water partition coefficient (Wildman–Crippen LogP) is 1.87. The van der Waals surface area contributed by atoms with Crippen LogP contribution in [-0.4, -0.2) is 21.4 Å². The van der Waals surface area contributed by atoms with E-state index in [1.54, 1.807) is 10.8 Å². The Morgan fingerprint density at radius 3 is 2.59 bits per heavy atom. The van der Waals surface area contributed by atoms with E-state index in [9.17, 15) is 15.0 Å².